The number of anilines is 1. The molecule has 5 heteroatoms. The second-order valence-electron chi connectivity index (χ2n) is 4.13. The van der Waals surface area contributed by atoms with Gasteiger partial charge in [0.25, 0.3) is 0 Å². The van der Waals surface area contributed by atoms with Crippen molar-refractivity contribution in [3.63, 3.8) is 0 Å². The van der Waals surface area contributed by atoms with Crippen LogP contribution in [0.15, 0.2) is 41.9 Å². The Kier molecular flexibility index (Phi) is 3.29. The highest BCUT2D eigenvalue weighted by molar-refractivity contribution is 7.13. The van der Waals surface area contributed by atoms with Crippen molar-refractivity contribution in [1.82, 2.24) is 9.97 Å². The SMILES string of the molecule is Nc1nc(CCOc2ccc3ncccc3c2)cs1. The van der Waals surface area contributed by atoms with E-state index in [0.29, 0.717) is 11.7 Å². The lowest BCUT2D eigenvalue weighted by atomic mass is 10.2. The van der Waals surface area contributed by atoms with Gasteiger partial charge in [0.05, 0.1) is 17.8 Å². The quantitative estimate of drug-likeness (QED) is 0.792. The fourth-order valence-corrected chi connectivity index (χ4v) is 2.45. The number of fused-ring (bicyclic) bond motifs is 1. The van der Waals surface area contributed by atoms with E-state index in [1.807, 2.05) is 35.7 Å². The van der Waals surface area contributed by atoms with Crippen molar-refractivity contribution in [2.45, 2.75) is 6.42 Å². The van der Waals surface area contributed by atoms with E-state index in [-0.39, 0.29) is 0 Å². The van der Waals surface area contributed by atoms with Crippen molar-refractivity contribution in [2.24, 2.45) is 0 Å². The van der Waals surface area contributed by atoms with E-state index in [0.717, 1.165) is 28.8 Å². The van der Waals surface area contributed by atoms with E-state index in [1.165, 1.54) is 11.3 Å². The van der Waals surface area contributed by atoms with Crippen LogP contribution in [0.2, 0.25) is 0 Å². The van der Waals surface area contributed by atoms with Crippen molar-refractivity contribution >= 4 is 27.4 Å². The number of aromatic nitrogens is 2. The molecule has 0 unspecified atom stereocenters. The molecular formula is C14H13N3OS. The molecule has 0 aliphatic carbocycles. The number of nitrogens with two attached hydrogens (primary N) is 1. The Hall–Kier alpha value is -2.14. The fraction of sp³-hybridized carbons (Fsp3) is 0.143. The third-order valence-electron chi connectivity index (χ3n) is 2.77. The van der Waals surface area contributed by atoms with Crippen molar-refractivity contribution in [3.8, 4) is 5.75 Å². The van der Waals surface area contributed by atoms with Crippen LogP contribution in [-0.4, -0.2) is 16.6 Å². The zero-order valence-electron chi connectivity index (χ0n) is 10.2. The van der Waals surface area contributed by atoms with Gasteiger partial charge in [-0.25, -0.2) is 4.98 Å². The largest absolute Gasteiger partial charge is 0.493 e. The lowest BCUT2D eigenvalue weighted by Gasteiger charge is -2.06. The van der Waals surface area contributed by atoms with Gasteiger partial charge in [-0.3, -0.25) is 4.98 Å². The van der Waals surface area contributed by atoms with Crippen LogP contribution < -0.4 is 10.5 Å². The molecule has 0 aliphatic rings. The topological polar surface area (TPSA) is 61.0 Å². The molecule has 96 valence electrons. The summed E-state index contributed by atoms with van der Waals surface area (Å²) in [5, 5.41) is 3.65. The van der Waals surface area contributed by atoms with E-state index >= 15 is 0 Å². The summed E-state index contributed by atoms with van der Waals surface area (Å²) in [5.74, 6) is 0.851. The molecule has 0 saturated heterocycles. The lowest BCUT2D eigenvalue weighted by molar-refractivity contribution is 0.321. The number of rotatable bonds is 4. The summed E-state index contributed by atoms with van der Waals surface area (Å²) in [7, 11) is 0. The van der Waals surface area contributed by atoms with Crippen molar-refractivity contribution < 1.29 is 4.74 Å². The van der Waals surface area contributed by atoms with Gasteiger partial charge in [-0.1, -0.05) is 6.07 Å². The van der Waals surface area contributed by atoms with E-state index in [1.54, 1.807) is 6.20 Å². The number of hydrogen-bond acceptors (Lipinski definition) is 5. The van der Waals surface area contributed by atoms with Crippen molar-refractivity contribution in [3.05, 3.63) is 47.6 Å². The molecule has 1 aromatic carbocycles. The first kappa shape index (κ1) is 11.9. The first-order valence-electron chi connectivity index (χ1n) is 5.99. The lowest BCUT2D eigenvalue weighted by Crippen LogP contribution is -2.01. The Morgan fingerprint density at radius 2 is 2.21 bits per heavy atom. The predicted molar refractivity (Wildman–Crippen MR) is 77.5 cm³/mol. The van der Waals surface area contributed by atoms with Crippen LogP contribution in [0.25, 0.3) is 10.9 Å². The maximum absolute atomic E-state index is 5.72. The number of nitrogen functional groups attached to an aromatic ring is 1. The molecule has 2 aromatic heterocycles. The molecule has 0 saturated carbocycles. The van der Waals surface area contributed by atoms with Gasteiger partial charge < -0.3 is 10.5 Å². The Morgan fingerprint density at radius 1 is 1.26 bits per heavy atom. The summed E-state index contributed by atoms with van der Waals surface area (Å²) in [6.45, 7) is 0.592. The van der Waals surface area contributed by atoms with Crippen LogP contribution in [0.5, 0.6) is 5.75 Å². The molecule has 0 bridgehead atoms. The minimum absolute atomic E-state index is 0.592. The second-order valence-corrected chi connectivity index (χ2v) is 5.02. The number of thiazole rings is 1. The van der Waals surface area contributed by atoms with Gasteiger partial charge in [0, 0.05) is 23.4 Å². The molecule has 19 heavy (non-hydrogen) atoms. The Bertz CT molecular complexity index is 696. The van der Waals surface area contributed by atoms with Gasteiger partial charge in [0.1, 0.15) is 5.75 Å². The van der Waals surface area contributed by atoms with Gasteiger partial charge >= 0.3 is 0 Å². The molecule has 0 aliphatic heterocycles. The summed E-state index contributed by atoms with van der Waals surface area (Å²) < 4.78 is 5.72. The van der Waals surface area contributed by atoms with Crippen molar-refractivity contribution in [2.75, 3.05) is 12.3 Å². The average molecular weight is 271 g/mol. The standard InChI is InChI=1S/C14H13N3OS/c15-14-17-11(9-19-14)5-7-18-12-3-4-13-10(8-12)2-1-6-16-13/h1-4,6,8-9H,5,7H2,(H2,15,17). The highest BCUT2D eigenvalue weighted by Gasteiger charge is 2.01. The molecule has 0 radical (unpaired) electrons. The zero-order valence-corrected chi connectivity index (χ0v) is 11.1. The first-order chi connectivity index (χ1) is 9.31. The van der Waals surface area contributed by atoms with E-state index in [4.69, 9.17) is 10.5 Å². The molecule has 2 N–H and O–H groups in total. The van der Waals surface area contributed by atoms with E-state index < -0.39 is 0 Å². The molecule has 4 nitrogen and oxygen atoms in total. The highest BCUT2D eigenvalue weighted by Crippen LogP contribution is 2.19. The molecule has 0 fully saturated rings. The van der Waals surface area contributed by atoms with Gasteiger partial charge in [-0.05, 0) is 24.3 Å². The number of nitrogens with zero attached hydrogens (tertiary/aromatic N) is 2. The van der Waals surface area contributed by atoms with E-state index in [9.17, 15) is 0 Å². The smallest absolute Gasteiger partial charge is 0.180 e. The summed E-state index contributed by atoms with van der Waals surface area (Å²) >= 11 is 1.46. The maximum Gasteiger partial charge on any atom is 0.180 e. The molecule has 2 heterocycles. The predicted octanol–water partition coefficient (Wildman–Crippen LogP) is 2.90. The van der Waals surface area contributed by atoms with Gasteiger partial charge in [0.2, 0.25) is 0 Å². The Morgan fingerprint density at radius 3 is 3.05 bits per heavy atom. The first-order valence-corrected chi connectivity index (χ1v) is 6.87. The third kappa shape index (κ3) is 2.82. The summed E-state index contributed by atoms with van der Waals surface area (Å²) in [5.41, 5.74) is 7.53. The van der Waals surface area contributed by atoms with Gasteiger partial charge in [-0.15, -0.1) is 11.3 Å². The van der Waals surface area contributed by atoms with E-state index in [2.05, 4.69) is 9.97 Å². The zero-order chi connectivity index (χ0) is 13.1. The summed E-state index contributed by atoms with van der Waals surface area (Å²) in [6.07, 6.45) is 2.55. The number of pyridine rings is 1. The molecule has 0 amide bonds. The Balaban J connectivity index is 1.65. The molecule has 0 spiro atoms. The monoisotopic (exact) mass is 271 g/mol. The normalized spacial score (nSPS) is 10.7. The minimum Gasteiger partial charge on any atom is -0.493 e. The van der Waals surface area contributed by atoms with Crippen LogP contribution >= 0.6 is 11.3 Å². The van der Waals surface area contributed by atoms with Crippen LogP contribution in [0.1, 0.15) is 5.69 Å². The number of benzene rings is 1. The van der Waals surface area contributed by atoms with Crippen LogP contribution in [0, 0.1) is 0 Å². The van der Waals surface area contributed by atoms with Crippen LogP contribution in [0.4, 0.5) is 5.13 Å². The fourth-order valence-electron chi connectivity index (χ4n) is 1.85. The maximum atomic E-state index is 5.72. The molecule has 3 rings (SSSR count). The molecule has 0 atom stereocenters. The molecule has 3 aromatic rings. The third-order valence-corrected chi connectivity index (χ3v) is 3.49. The number of ether oxygens (including phenoxy) is 1. The molecular weight excluding hydrogens is 258 g/mol. The van der Waals surface area contributed by atoms with Gasteiger partial charge in [-0.2, -0.15) is 0 Å². The second kappa shape index (κ2) is 5.24. The minimum atomic E-state index is 0.592. The highest BCUT2D eigenvalue weighted by atomic mass is 32.1. The average Bonchev–Trinajstić information content (AvgIpc) is 2.84. The van der Waals surface area contributed by atoms with Crippen LogP contribution in [0.3, 0.4) is 0 Å². The summed E-state index contributed by atoms with van der Waals surface area (Å²) in [4.78, 5) is 8.47. The Labute approximate surface area is 114 Å². The summed E-state index contributed by atoms with van der Waals surface area (Å²) in [6, 6.07) is 9.84. The van der Waals surface area contributed by atoms with Crippen LogP contribution in [-0.2, 0) is 6.42 Å². The number of hydrogen-bond donors (Lipinski definition) is 1. The van der Waals surface area contributed by atoms with Crippen molar-refractivity contribution in [1.29, 1.82) is 0 Å². The van der Waals surface area contributed by atoms with Gasteiger partial charge in [0.15, 0.2) is 5.13 Å².